The maximum absolute atomic E-state index is 8.86. The van der Waals surface area contributed by atoms with E-state index in [0.29, 0.717) is 18.7 Å². The van der Waals surface area contributed by atoms with E-state index in [2.05, 4.69) is 21.3 Å². The van der Waals surface area contributed by atoms with Gasteiger partial charge in [0.15, 0.2) is 5.96 Å². The molecule has 1 aromatic rings. The van der Waals surface area contributed by atoms with Gasteiger partial charge in [-0.05, 0) is 30.5 Å². The smallest absolute Gasteiger partial charge is 0.194 e. The summed E-state index contributed by atoms with van der Waals surface area (Å²) in [6.07, 6.45) is 2.53. The van der Waals surface area contributed by atoms with Gasteiger partial charge in [-0.1, -0.05) is 12.1 Å². The van der Waals surface area contributed by atoms with Crippen LogP contribution in [0.1, 0.15) is 24.0 Å². The number of guanidine groups is 1. The zero-order chi connectivity index (χ0) is 16.8. The molecule has 6 nitrogen and oxygen atoms in total. The van der Waals surface area contributed by atoms with Crippen molar-refractivity contribution in [3.05, 3.63) is 35.4 Å². The summed E-state index contributed by atoms with van der Waals surface area (Å²) in [5.74, 6) is 0.880. The first-order valence-corrected chi connectivity index (χ1v) is 8.48. The zero-order valence-corrected chi connectivity index (χ0v) is 16.8. The van der Waals surface area contributed by atoms with Crippen LogP contribution >= 0.6 is 24.0 Å². The normalized spacial score (nSPS) is 23.7. The SMILES string of the molecule is CN=C(NCc1ccc(C#N)cc1)N1CCOC(C2CCCO2)C1.I. The Morgan fingerprint density at radius 2 is 2.04 bits per heavy atom. The molecular formula is C18H25IN4O2. The van der Waals surface area contributed by atoms with E-state index >= 15 is 0 Å². The maximum atomic E-state index is 8.86. The molecule has 2 atom stereocenters. The third-order valence-corrected chi connectivity index (χ3v) is 4.52. The van der Waals surface area contributed by atoms with Gasteiger partial charge in [0.2, 0.25) is 0 Å². The van der Waals surface area contributed by atoms with Crippen molar-refractivity contribution in [3.63, 3.8) is 0 Å². The van der Waals surface area contributed by atoms with Gasteiger partial charge in [0.25, 0.3) is 0 Å². The molecule has 0 radical (unpaired) electrons. The predicted molar refractivity (Wildman–Crippen MR) is 107 cm³/mol. The lowest BCUT2D eigenvalue weighted by molar-refractivity contribution is -0.0817. The van der Waals surface area contributed by atoms with Crippen molar-refractivity contribution in [2.45, 2.75) is 31.6 Å². The highest BCUT2D eigenvalue weighted by Crippen LogP contribution is 2.21. The molecule has 2 saturated heterocycles. The molecule has 0 spiro atoms. The first-order chi connectivity index (χ1) is 11.8. The summed E-state index contributed by atoms with van der Waals surface area (Å²) in [4.78, 5) is 6.64. The van der Waals surface area contributed by atoms with Crippen LogP contribution in [0.2, 0.25) is 0 Å². The van der Waals surface area contributed by atoms with Crippen LogP contribution in [0.3, 0.4) is 0 Å². The lowest BCUT2D eigenvalue weighted by atomic mass is 10.1. The number of morpholine rings is 1. The van der Waals surface area contributed by atoms with Gasteiger partial charge in [-0.2, -0.15) is 5.26 Å². The van der Waals surface area contributed by atoms with E-state index < -0.39 is 0 Å². The molecule has 2 fully saturated rings. The number of ether oxygens (including phenoxy) is 2. The lowest BCUT2D eigenvalue weighted by Gasteiger charge is -2.37. The summed E-state index contributed by atoms with van der Waals surface area (Å²) in [5.41, 5.74) is 1.80. The van der Waals surface area contributed by atoms with Gasteiger partial charge in [-0.25, -0.2) is 0 Å². The van der Waals surface area contributed by atoms with Crippen LogP contribution < -0.4 is 5.32 Å². The van der Waals surface area contributed by atoms with Crippen molar-refractivity contribution in [2.75, 3.05) is 33.4 Å². The van der Waals surface area contributed by atoms with Crippen molar-refractivity contribution < 1.29 is 9.47 Å². The number of nitrogens with one attached hydrogen (secondary N) is 1. The van der Waals surface area contributed by atoms with Crippen LogP contribution in [0.4, 0.5) is 0 Å². The molecule has 2 aliphatic rings. The summed E-state index contributed by atoms with van der Waals surface area (Å²) in [6, 6.07) is 9.74. The van der Waals surface area contributed by atoms with E-state index in [-0.39, 0.29) is 36.2 Å². The molecule has 2 heterocycles. The van der Waals surface area contributed by atoms with E-state index in [4.69, 9.17) is 14.7 Å². The van der Waals surface area contributed by atoms with Gasteiger partial charge in [-0.15, -0.1) is 24.0 Å². The topological polar surface area (TPSA) is 69.9 Å². The van der Waals surface area contributed by atoms with E-state index in [0.717, 1.165) is 44.1 Å². The van der Waals surface area contributed by atoms with Gasteiger partial charge in [0.05, 0.1) is 24.3 Å². The average Bonchev–Trinajstić information content (AvgIpc) is 3.18. The number of nitriles is 1. The molecule has 3 rings (SSSR count). The average molecular weight is 456 g/mol. The standard InChI is InChI=1S/C18H24N4O2.HI/c1-20-18(21-12-15-6-4-14(11-19)5-7-15)22-8-10-24-17(13-22)16-3-2-9-23-16;/h4-7,16-17H,2-3,8-10,12-13H2,1H3,(H,20,21);1H. The number of nitrogens with zero attached hydrogens (tertiary/aromatic N) is 3. The molecule has 0 aliphatic carbocycles. The van der Waals surface area contributed by atoms with E-state index in [9.17, 15) is 0 Å². The van der Waals surface area contributed by atoms with Gasteiger partial charge in [-0.3, -0.25) is 4.99 Å². The molecular weight excluding hydrogens is 431 g/mol. The van der Waals surface area contributed by atoms with Crippen molar-refractivity contribution >= 4 is 29.9 Å². The fraction of sp³-hybridized carbons (Fsp3) is 0.556. The molecule has 2 unspecified atom stereocenters. The molecule has 0 bridgehead atoms. The van der Waals surface area contributed by atoms with E-state index in [1.54, 1.807) is 7.05 Å². The Morgan fingerprint density at radius 1 is 1.28 bits per heavy atom. The summed E-state index contributed by atoms with van der Waals surface area (Å²) >= 11 is 0. The third kappa shape index (κ3) is 5.30. The second kappa shape index (κ2) is 9.94. The Hall–Kier alpha value is -1.37. The highest BCUT2D eigenvalue weighted by molar-refractivity contribution is 14.0. The summed E-state index contributed by atoms with van der Waals surface area (Å²) in [5, 5.41) is 12.3. The molecule has 2 aliphatic heterocycles. The number of benzene rings is 1. The van der Waals surface area contributed by atoms with Crippen molar-refractivity contribution in [1.82, 2.24) is 10.2 Å². The summed E-state index contributed by atoms with van der Waals surface area (Å²) in [7, 11) is 1.80. The van der Waals surface area contributed by atoms with Gasteiger partial charge >= 0.3 is 0 Å². The maximum Gasteiger partial charge on any atom is 0.194 e. The minimum absolute atomic E-state index is 0. The van der Waals surface area contributed by atoms with E-state index in [1.165, 1.54) is 0 Å². The number of aliphatic imine (C=N–C) groups is 1. The molecule has 0 saturated carbocycles. The monoisotopic (exact) mass is 456 g/mol. The van der Waals surface area contributed by atoms with Crippen molar-refractivity contribution in [1.29, 1.82) is 5.26 Å². The number of rotatable bonds is 3. The first-order valence-electron chi connectivity index (χ1n) is 8.48. The molecule has 1 aromatic carbocycles. The van der Waals surface area contributed by atoms with Crippen LogP contribution in [0.15, 0.2) is 29.3 Å². The summed E-state index contributed by atoms with van der Waals surface area (Å²) in [6.45, 7) is 3.85. The molecule has 1 N–H and O–H groups in total. The Morgan fingerprint density at radius 3 is 2.68 bits per heavy atom. The number of hydrogen-bond acceptors (Lipinski definition) is 4. The molecule has 0 amide bonds. The Balaban J connectivity index is 0.00000225. The fourth-order valence-electron chi connectivity index (χ4n) is 3.20. The largest absolute Gasteiger partial charge is 0.375 e. The highest BCUT2D eigenvalue weighted by atomic mass is 127. The van der Waals surface area contributed by atoms with Crippen LogP contribution in [0, 0.1) is 11.3 Å². The van der Waals surface area contributed by atoms with Crippen molar-refractivity contribution in [3.8, 4) is 6.07 Å². The van der Waals surface area contributed by atoms with Crippen LogP contribution in [-0.4, -0.2) is 56.4 Å². The number of halogens is 1. The van der Waals surface area contributed by atoms with E-state index in [1.807, 2.05) is 24.3 Å². The lowest BCUT2D eigenvalue weighted by Crippen LogP contribution is -2.53. The Labute approximate surface area is 166 Å². The molecule has 7 heteroatoms. The zero-order valence-electron chi connectivity index (χ0n) is 14.5. The van der Waals surface area contributed by atoms with Crippen LogP contribution in [0.5, 0.6) is 0 Å². The molecule has 25 heavy (non-hydrogen) atoms. The predicted octanol–water partition coefficient (Wildman–Crippen LogP) is 2.13. The second-order valence-electron chi connectivity index (χ2n) is 6.12. The number of hydrogen-bond donors (Lipinski definition) is 1. The Bertz CT molecular complexity index is 608. The fourth-order valence-corrected chi connectivity index (χ4v) is 3.20. The molecule has 0 aromatic heterocycles. The van der Waals surface area contributed by atoms with Crippen LogP contribution in [0.25, 0.3) is 0 Å². The second-order valence-corrected chi connectivity index (χ2v) is 6.12. The quantitative estimate of drug-likeness (QED) is 0.429. The van der Waals surface area contributed by atoms with Crippen molar-refractivity contribution in [2.24, 2.45) is 4.99 Å². The summed E-state index contributed by atoms with van der Waals surface area (Å²) < 4.78 is 11.7. The molecule has 136 valence electrons. The minimum Gasteiger partial charge on any atom is -0.375 e. The van der Waals surface area contributed by atoms with Gasteiger partial charge in [0, 0.05) is 33.3 Å². The highest BCUT2D eigenvalue weighted by Gasteiger charge is 2.32. The third-order valence-electron chi connectivity index (χ3n) is 4.52. The van der Waals surface area contributed by atoms with Gasteiger partial charge in [0.1, 0.15) is 6.10 Å². The van der Waals surface area contributed by atoms with Gasteiger partial charge < -0.3 is 19.7 Å². The minimum atomic E-state index is 0. The van der Waals surface area contributed by atoms with Crippen LogP contribution in [-0.2, 0) is 16.0 Å². The Kier molecular flexibility index (Phi) is 7.93. The first kappa shape index (κ1) is 19.9.